The predicted octanol–water partition coefficient (Wildman–Crippen LogP) is 2.36. The molecule has 0 atom stereocenters. The Morgan fingerprint density at radius 1 is 1.10 bits per heavy atom. The summed E-state index contributed by atoms with van der Waals surface area (Å²) in [6.07, 6.45) is 1.61. The molecule has 0 aliphatic heterocycles. The molecule has 0 aliphatic rings. The highest BCUT2D eigenvalue weighted by Gasteiger charge is 2.15. The van der Waals surface area contributed by atoms with Crippen LogP contribution in [0.3, 0.4) is 0 Å². The van der Waals surface area contributed by atoms with Crippen molar-refractivity contribution in [2.75, 3.05) is 19.0 Å². The van der Waals surface area contributed by atoms with Gasteiger partial charge in [-0.1, -0.05) is 23.8 Å². The maximum absolute atomic E-state index is 12.0. The van der Waals surface area contributed by atoms with E-state index >= 15 is 0 Å². The molecule has 1 heterocycles. The number of rotatable bonds is 5. The standard InChI is InChI=1S/C15H18N2O3S/c1-12-4-7-14(8-5-12)21(18,19)20-11-13-6-9-15(16-10-13)17(2)3/h4-10H,11H2,1-3H3. The molecular formula is C15H18N2O3S. The van der Waals surface area contributed by atoms with Gasteiger partial charge in [0.2, 0.25) is 0 Å². The van der Waals surface area contributed by atoms with E-state index in [-0.39, 0.29) is 11.5 Å². The minimum Gasteiger partial charge on any atom is -0.363 e. The second-order valence-electron chi connectivity index (χ2n) is 4.95. The van der Waals surface area contributed by atoms with Gasteiger partial charge in [-0.05, 0) is 30.7 Å². The van der Waals surface area contributed by atoms with E-state index in [9.17, 15) is 8.42 Å². The van der Waals surface area contributed by atoms with Crippen molar-refractivity contribution in [3.8, 4) is 0 Å². The van der Waals surface area contributed by atoms with Gasteiger partial charge in [0.15, 0.2) is 0 Å². The highest BCUT2D eigenvalue weighted by atomic mass is 32.2. The molecule has 0 bridgehead atoms. The summed E-state index contributed by atoms with van der Waals surface area (Å²) >= 11 is 0. The molecule has 1 aromatic carbocycles. The summed E-state index contributed by atoms with van der Waals surface area (Å²) < 4.78 is 29.1. The Balaban J connectivity index is 2.06. The summed E-state index contributed by atoms with van der Waals surface area (Å²) in [5, 5.41) is 0. The number of hydrogen-bond acceptors (Lipinski definition) is 5. The molecule has 0 fully saturated rings. The van der Waals surface area contributed by atoms with Crippen molar-refractivity contribution in [3.63, 3.8) is 0 Å². The van der Waals surface area contributed by atoms with Crippen molar-refractivity contribution in [1.29, 1.82) is 0 Å². The van der Waals surface area contributed by atoms with Crippen LogP contribution in [0.25, 0.3) is 0 Å². The maximum atomic E-state index is 12.0. The smallest absolute Gasteiger partial charge is 0.297 e. The van der Waals surface area contributed by atoms with Crippen LogP contribution in [-0.4, -0.2) is 27.5 Å². The third kappa shape index (κ3) is 4.03. The number of hydrogen-bond donors (Lipinski definition) is 0. The van der Waals surface area contributed by atoms with Gasteiger partial charge in [0, 0.05) is 20.3 Å². The molecule has 1 aromatic heterocycles. The molecule has 2 aromatic rings. The first kappa shape index (κ1) is 15.5. The van der Waals surface area contributed by atoms with Crippen molar-refractivity contribution >= 4 is 15.9 Å². The zero-order chi connectivity index (χ0) is 15.5. The molecule has 6 heteroatoms. The van der Waals surface area contributed by atoms with Crippen molar-refractivity contribution in [2.45, 2.75) is 18.4 Å². The van der Waals surface area contributed by atoms with Crippen LogP contribution >= 0.6 is 0 Å². The first-order valence-corrected chi connectivity index (χ1v) is 7.88. The molecule has 0 saturated carbocycles. The van der Waals surface area contributed by atoms with Crippen LogP contribution < -0.4 is 4.90 Å². The average molecular weight is 306 g/mol. The Morgan fingerprint density at radius 2 is 1.76 bits per heavy atom. The van der Waals surface area contributed by atoms with E-state index in [2.05, 4.69) is 4.98 Å². The lowest BCUT2D eigenvalue weighted by atomic mass is 10.2. The highest BCUT2D eigenvalue weighted by molar-refractivity contribution is 7.86. The molecular weight excluding hydrogens is 288 g/mol. The third-order valence-corrected chi connectivity index (χ3v) is 4.24. The van der Waals surface area contributed by atoms with Gasteiger partial charge in [0.1, 0.15) is 5.82 Å². The molecule has 0 spiro atoms. The SMILES string of the molecule is Cc1ccc(S(=O)(=O)OCc2ccc(N(C)C)nc2)cc1. The molecule has 5 nitrogen and oxygen atoms in total. The number of pyridine rings is 1. The Hall–Kier alpha value is -1.92. The van der Waals surface area contributed by atoms with Gasteiger partial charge in [0.25, 0.3) is 10.1 Å². The van der Waals surface area contributed by atoms with E-state index in [0.717, 1.165) is 11.4 Å². The first-order valence-electron chi connectivity index (χ1n) is 6.47. The maximum Gasteiger partial charge on any atom is 0.297 e. The van der Waals surface area contributed by atoms with Gasteiger partial charge in [-0.25, -0.2) is 4.98 Å². The van der Waals surface area contributed by atoms with Crippen molar-refractivity contribution in [1.82, 2.24) is 4.98 Å². The fourth-order valence-corrected chi connectivity index (χ4v) is 2.58. The van der Waals surface area contributed by atoms with Crippen molar-refractivity contribution in [2.24, 2.45) is 0 Å². The van der Waals surface area contributed by atoms with Crippen LogP contribution in [0, 0.1) is 6.92 Å². The molecule has 112 valence electrons. The lowest BCUT2D eigenvalue weighted by Crippen LogP contribution is -2.11. The van der Waals surface area contributed by atoms with Gasteiger partial charge in [-0.3, -0.25) is 4.18 Å². The molecule has 0 N–H and O–H groups in total. The van der Waals surface area contributed by atoms with E-state index in [0.29, 0.717) is 5.56 Å². The van der Waals surface area contributed by atoms with Gasteiger partial charge >= 0.3 is 0 Å². The summed E-state index contributed by atoms with van der Waals surface area (Å²) in [5.41, 5.74) is 1.70. The monoisotopic (exact) mass is 306 g/mol. The Labute approximate surface area is 125 Å². The van der Waals surface area contributed by atoms with E-state index in [1.807, 2.05) is 32.0 Å². The van der Waals surface area contributed by atoms with E-state index in [1.165, 1.54) is 12.1 Å². The van der Waals surface area contributed by atoms with E-state index < -0.39 is 10.1 Å². The van der Waals surface area contributed by atoms with Crippen molar-refractivity contribution < 1.29 is 12.6 Å². The third-order valence-electron chi connectivity index (χ3n) is 2.96. The van der Waals surface area contributed by atoms with Crippen LogP contribution in [0.4, 0.5) is 5.82 Å². The van der Waals surface area contributed by atoms with Crippen LogP contribution in [0.1, 0.15) is 11.1 Å². The Bertz CT molecular complexity index is 693. The number of aromatic nitrogens is 1. The summed E-state index contributed by atoms with van der Waals surface area (Å²) in [5.74, 6) is 0.806. The van der Waals surface area contributed by atoms with E-state index in [4.69, 9.17) is 4.18 Å². The zero-order valence-electron chi connectivity index (χ0n) is 12.3. The number of anilines is 1. The normalized spacial score (nSPS) is 11.4. The molecule has 0 aliphatic carbocycles. The first-order chi connectivity index (χ1) is 9.88. The topological polar surface area (TPSA) is 59.5 Å². The number of benzene rings is 1. The molecule has 21 heavy (non-hydrogen) atoms. The fourth-order valence-electron chi connectivity index (χ4n) is 1.69. The quantitative estimate of drug-likeness (QED) is 0.794. The van der Waals surface area contributed by atoms with E-state index in [1.54, 1.807) is 24.4 Å². The summed E-state index contributed by atoms with van der Waals surface area (Å²) in [6, 6.07) is 10.2. The predicted molar refractivity (Wildman–Crippen MR) is 81.7 cm³/mol. The van der Waals surface area contributed by atoms with Gasteiger partial charge in [0.05, 0.1) is 11.5 Å². The number of nitrogens with zero attached hydrogens (tertiary/aromatic N) is 2. The summed E-state index contributed by atoms with van der Waals surface area (Å²) in [6.45, 7) is 1.87. The molecule has 0 saturated heterocycles. The van der Waals surface area contributed by atoms with Crippen LogP contribution in [-0.2, 0) is 20.9 Å². The summed E-state index contributed by atoms with van der Waals surface area (Å²) in [4.78, 5) is 6.24. The van der Waals surface area contributed by atoms with Gasteiger partial charge in [-0.2, -0.15) is 8.42 Å². The lowest BCUT2D eigenvalue weighted by molar-refractivity contribution is 0.307. The summed E-state index contributed by atoms with van der Waals surface area (Å²) in [7, 11) is 0.0386. The fraction of sp³-hybridized carbons (Fsp3) is 0.267. The second-order valence-corrected chi connectivity index (χ2v) is 6.56. The Morgan fingerprint density at radius 3 is 2.29 bits per heavy atom. The molecule has 0 amide bonds. The van der Waals surface area contributed by atoms with Crippen LogP contribution in [0.5, 0.6) is 0 Å². The minimum atomic E-state index is -3.74. The number of aryl methyl sites for hydroxylation is 1. The van der Waals surface area contributed by atoms with Crippen molar-refractivity contribution in [3.05, 3.63) is 53.7 Å². The molecule has 0 unspecified atom stereocenters. The van der Waals surface area contributed by atoms with Crippen LogP contribution in [0.2, 0.25) is 0 Å². The average Bonchev–Trinajstić information content (AvgIpc) is 2.46. The second kappa shape index (κ2) is 6.24. The highest BCUT2D eigenvalue weighted by Crippen LogP contribution is 2.16. The van der Waals surface area contributed by atoms with Gasteiger partial charge in [-0.15, -0.1) is 0 Å². The zero-order valence-corrected chi connectivity index (χ0v) is 13.1. The minimum absolute atomic E-state index is 0.0308. The lowest BCUT2D eigenvalue weighted by Gasteiger charge is -2.11. The Kier molecular flexibility index (Phi) is 4.59. The van der Waals surface area contributed by atoms with Gasteiger partial charge < -0.3 is 4.90 Å². The van der Waals surface area contributed by atoms with Crippen LogP contribution in [0.15, 0.2) is 47.5 Å². The molecule has 0 radical (unpaired) electrons. The molecule has 2 rings (SSSR count). The largest absolute Gasteiger partial charge is 0.363 e.